The van der Waals surface area contributed by atoms with Crippen LogP contribution in [0.5, 0.6) is 5.75 Å². The largest absolute Gasteiger partial charge is 0.494 e. The molecule has 1 aromatic heterocycles. The third kappa shape index (κ3) is 8.03. The van der Waals surface area contributed by atoms with Crippen molar-refractivity contribution in [3.8, 4) is 16.9 Å². The van der Waals surface area contributed by atoms with Gasteiger partial charge in [-0.1, -0.05) is 102 Å². The van der Waals surface area contributed by atoms with Crippen LogP contribution in [-0.2, 0) is 6.42 Å². The molecule has 0 aliphatic carbocycles. The predicted molar refractivity (Wildman–Crippen MR) is 141 cm³/mol. The van der Waals surface area contributed by atoms with Crippen LogP contribution in [0.4, 0.5) is 0 Å². The van der Waals surface area contributed by atoms with Crippen LogP contribution in [0.1, 0.15) is 94.9 Å². The highest BCUT2D eigenvalue weighted by Gasteiger charge is 2.10. The Labute approximate surface area is 201 Å². The van der Waals surface area contributed by atoms with Gasteiger partial charge in [0.05, 0.1) is 6.61 Å². The smallest absolute Gasteiger partial charge is 0.119 e. The van der Waals surface area contributed by atoms with E-state index in [1.54, 1.807) is 0 Å². The molecule has 0 aliphatic rings. The zero-order valence-electron chi connectivity index (χ0n) is 20.9. The molecule has 176 valence electrons. The fourth-order valence-electron chi connectivity index (χ4n) is 4.19. The summed E-state index contributed by atoms with van der Waals surface area (Å²) in [5.41, 5.74) is 6.28. The van der Waals surface area contributed by atoms with Gasteiger partial charge in [-0.05, 0) is 59.7 Å². The van der Waals surface area contributed by atoms with Gasteiger partial charge in [-0.15, -0.1) is 0 Å². The molecule has 3 rings (SSSR count). The van der Waals surface area contributed by atoms with Gasteiger partial charge in [-0.25, -0.2) is 0 Å². The lowest BCUT2D eigenvalue weighted by Crippen LogP contribution is -1.99. The molecular formula is C31H41NO. The Bertz CT molecular complexity index is 913. The number of ether oxygens (including phenoxy) is 1. The van der Waals surface area contributed by atoms with Gasteiger partial charge < -0.3 is 4.74 Å². The lowest BCUT2D eigenvalue weighted by atomic mass is 9.92. The van der Waals surface area contributed by atoms with Gasteiger partial charge in [0.1, 0.15) is 5.75 Å². The molecule has 2 aromatic carbocycles. The zero-order valence-corrected chi connectivity index (χ0v) is 20.9. The van der Waals surface area contributed by atoms with Crippen molar-refractivity contribution in [2.75, 3.05) is 6.61 Å². The van der Waals surface area contributed by atoms with Gasteiger partial charge in [0.2, 0.25) is 0 Å². The van der Waals surface area contributed by atoms with Crippen LogP contribution < -0.4 is 4.74 Å². The summed E-state index contributed by atoms with van der Waals surface area (Å²) in [7, 11) is 0. The maximum atomic E-state index is 5.88. The first kappa shape index (κ1) is 25.0. The number of aryl methyl sites for hydroxylation is 1. The molecule has 0 bridgehead atoms. The average molecular weight is 444 g/mol. The number of aromatic nitrogens is 1. The van der Waals surface area contributed by atoms with Crippen LogP contribution in [-0.4, -0.2) is 11.6 Å². The molecule has 0 N–H and O–H groups in total. The van der Waals surface area contributed by atoms with E-state index in [2.05, 4.69) is 87.6 Å². The molecule has 0 radical (unpaired) electrons. The molecule has 1 atom stereocenters. The molecule has 0 amide bonds. The van der Waals surface area contributed by atoms with E-state index < -0.39 is 0 Å². The molecule has 33 heavy (non-hydrogen) atoms. The summed E-state index contributed by atoms with van der Waals surface area (Å²) in [6, 6.07) is 21.9. The summed E-state index contributed by atoms with van der Waals surface area (Å²) in [4.78, 5) is 4.72. The number of hydrogen-bond acceptors (Lipinski definition) is 2. The Hall–Kier alpha value is -2.61. The first-order valence-corrected chi connectivity index (χ1v) is 13.0. The van der Waals surface area contributed by atoms with Crippen molar-refractivity contribution < 1.29 is 4.74 Å². The van der Waals surface area contributed by atoms with Crippen molar-refractivity contribution in [2.24, 2.45) is 0 Å². The summed E-state index contributed by atoms with van der Waals surface area (Å²) in [5, 5.41) is 0. The molecule has 3 aromatic rings. The van der Waals surface area contributed by atoms with Gasteiger partial charge >= 0.3 is 0 Å². The minimum Gasteiger partial charge on any atom is -0.494 e. The van der Waals surface area contributed by atoms with Crippen molar-refractivity contribution in [1.82, 2.24) is 4.98 Å². The maximum Gasteiger partial charge on any atom is 0.119 e. The minimum atomic E-state index is 0.337. The van der Waals surface area contributed by atoms with Gasteiger partial charge in [-0.3, -0.25) is 4.98 Å². The molecular weight excluding hydrogens is 402 g/mol. The summed E-state index contributed by atoms with van der Waals surface area (Å²) in [6.45, 7) is 7.56. The highest BCUT2D eigenvalue weighted by Crippen LogP contribution is 2.28. The fourth-order valence-corrected chi connectivity index (χ4v) is 4.19. The van der Waals surface area contributed by atoms with Gasteiger partial charge in [-0.2, -0.15) is 0 Å². The Morgan fingerprint density at radius 1 is 0.667 bits per heavy atom. The molecule has 2 heteroatoms. The number of hydrogen-bond donors (Lipinski definition) is 0. The van der Waals surface area contributed by atoms with Crippen molar-refractivity contribution in [1.29, 1.82) is 0 Å². The van der Waals surface area contributed by atoms with Crippen LogP contribution in [0.15, 0.2) is 66.9 Å². The van der Waals surface area contributed by atoms with Gasteiger partial charge in [0.15, 0.2) is 0 Å². The summed E-state index contributed by atoms with van der Waals surface area (Å²) < 4.78 is 5.88. The van der Waals surface area contributed by atoms with Gasteiger partial charge in [0.25, 0.3) is 0 Å². The standard InChI is InChI=1S/C31H41NO/c1-4-6-8-10-12-30-20-17-29(24-32-30)25(3)26-13-15-27(16-14-26)28-18-21-31(22-19-28)33-23-11-9-7-5-2/h13-22,24-25H,4-12,23H2,1-3H3. The highest BCUT2D eigenvalue weighted by molar-refractivity contribution is 5.64. The highest BCUT2D eigenvalue weighted by atomic mass is 16.5. The van der Waals surface area contributed by atoms with E-state index in [0.717, 1.165) is 25.2 Å². The SMILES string of the molecule is CCCCCCOc1ccc(-c2ccc(C(C)c3ccc(CCCCCC)nc3)cc2)cc1. The number of nitrogens with zero attached hydrogens (tertiary/aromatic N) is 1. The quantitative estimate of drug-likeness (QED) is 0.232. The number of unbranched alkanes of at least 4 members (excludes halogenated alkanes) is 6. The average Bonchev–Trinajstić information content (AvgIpc) is 2.87. The normalized spacial score (nSPS) is 12.0. The lowest BCUT2D eigenvalue weighted by Gasteiger charge is -2.14. The Morgan fingerprint density at radius 3 is 1.88 bits per heavy atom. The fraction of sp³-hybridized carbons (Fsp3) is 0.452. The van der Waals surface area contributed by atoms with Crippen LogP contribution in [0.3, 0.4) is 0 Å². The second-order valence-electron chi connectivity index (χ2n) is 9.17. The topological polar surface area (TPSA) is 22.1 Å². The Kier molecular flexibility index (Phi) is 10.5. The third-order valence-corrected chi connectivity index (χ3v) is 6.50. The van der Waals surface area contributed by atoms with Crippen LogP contribution in [0.25, 0.3) is 11.1 Å². The van der Waals surface area contributed by atoms with E-state index in [1.165, 1.54) is 72.9 Å². The van der Waals surface area contributed by atoms with E-state index in [4.69, 9.17) is 9.72 Å². The Morgan fingerprint density at radius 2 is 1.27 bits per heavy atom. The van der Waals surface area contributed by atoms with Crippen molar-refractivity contribution in [3.05, 3.63) is 83.7 Å². The van der Waals surface area contributed by atoms with E-state index in [1.807, 2.05) is 0 Å². The van der Waals surface area contributed by atoms with Crippen LogP contribution in [0, 0.1) is 0 Å². The first-order chi connectivity index (χ1) is 16.2. The van der Waals surface area contributed by atoms with Crippen molar-refractivity contribution in [2.45, 2.75) is 84.5 Å². The minimum absolute atomic E-state index is 0.337. The summed E-state index contributed by atoms with van der Waals surface area (Å²) >= 11 is 0. The molecule has 0 aliphatic heterocycles. The molecule has 1 unspecified atom stereocenters. The molecule has 0 saturated carbocycles. The monoisotopic (exact) mass is 443 g/mol. The van der Waals surface area contributed by atoms with E-state index >= 15 is 0 Å². The number of pyridine rings is 1. The molecule has 0 saturated heterocycles. The maximum absolute atomic E-state index is 5.88. The Balaban J connectivity index is 1.53. The molecule has 0 fully saturated rings. The van der Waals surface area contributed by atoms with E-state index in [9.17, 15) is 0 Å². The van der Waals surface area contributed by atoms with E-state index in [-0.39, 0.29) is 0 Å². The predicted octanol–water partition coefficient (Wildman–Crippen LogP) is 8.98. The van der Waals surface area contributed by atoms with Crippen molar-refractivity contribution in [3.63, 3.8) is 0 Å². The number of rotatable bonds is 14. The lowest BCUT2D eigenvalue weighted by molar-refractivity contribution is 0.305. The zero-order chi connectivity index (χ0) is 23.3. The molecule has 1 heterocycles. The number of benzene rings is 2. The van der Waals surface area contributed by atoms with Gasteiger partial charge in [0, 0.05) is 17.8 Å². The van der Waals surface area contributed by atoms with Crippen LogP contribution >= 0.6 is 0 Å². The van der Waals surface area contributed by atoms with E-state index in [0.29, 0.717) is 5.92 Å². The van der Waals surface area contributed by atoms with Crippen LogP contribution in [0.2, 0.25) is 0 Å². The summed E-state index contributed by atoms with van der Waals surface area (Å²) in [5.74, 6) is 1.30. The molecule has 2 nitrogen and oxygen atoms in total. The summed E-state index contributed by atoms with van der Waals surface area (Å²) in [6.07, 6.45) is 13.2. The second-order valence-corrected chi connectivity index (χ2v) is 9.17. The molecule has 0 spiro atoms. The third-order valence-electron chi connectivity index (χ3n) is 6.50. The second kappa shape index (κ2) is 13.8. The first-order valence-electron chi connectivity index (χ1n) is 13.0. The van der Waals surface area contributed by atoms with Crippen molar-refractivity contribution >= 4 is 0 Å².